The number of aliphatic hydroxyl groups excluding tert-OH is 1. The van der Waals surface area contributed by atoms with Gasteiger partial charge in [-0.25, -0.2) is 0 Å². The van der Waals surface area contributed by atoms with E-state index in [1.54, 1.807) is 0 Å². The first-order chi connectivity index (χ1) is 10.4. The highest BCUT2D eigenvalue weighted by molar-refractivity contribution is 5.21. The molecule has 0 saturated heterocycles. The van der Waals surface area contributed by atoms with Crippen molar-refractivity contribution in [3.63, 3.8) is 0 Å². The number of ether oxygens (including phenoxy) is 1. The van der Waals surface area contributed by atoms with Crippen LogP contribution < -0.4 is 0 Å². The summed E-state index contributed by atoms with van der Waals surface area (Å²) in [5.74, 6) is 0.505. The molecule has 1 rings (SSSR count). The van der Waals surface area contributed by atoms with Crippen molar-refractivity contribution in [1.82, 2.24) is 4.90 Å². The molecule has 0 spiro atoms. The number of rotatable bonds is 10. The first kappa shape index (κ1) is 19.1. The van der Waals surface area contributed by atoms with Gasteiger partial charge in [0.15, 0.2) is 0 Å². The molecule has 0 aliphatic heterocycles. The Morgan fingerprint density at radius 1 is 1.09 bits per heavy atom. The highest BCUT2D eigenvalue weighted by Crippen LogP contribution is 2.12. The Labute approximate surface area is 136 Å². The molecule has 0 bridgehead atoms. The lowest BCUT2D eigenvalue weighted by molar-refractivity contribution is 0.000122. The monoisotopic (exact) mass is 307 g/mol. The van der Waals surface area contributed by atoms with E-state index in [0.717, 1.165) is 13.0 Å². The van der Waals surface area contributed by atoms with Crippen molar-refractivity contribution in [2.24, 2.45) is 5.92 Å². The number of hydrogen-bond donors (Lipinski definition) is 1. The lowest BCUT2D eigenvalue weighted by Gasteiger charge is -2.30. The lowest BCUT2D eigenvalue weighted by Crippen LogP contribution is -2.40. The number of aliphatic hydroxyl groups is 1. The van der Waals surface area contributed by atoms with E-state index in [2.05, 4.69) is 63.8 Å². The Bertz CT molecular complexity index is 402. The standard InChI is InChI=1S/C19H33NO2/c1-6-17(5)20(11-18-9-7-16(4)8-10-18)12-19(21)14-22-13-15(2)3/h7-10,15,17,19,21H,6,11-14H2,1-5H3/t17-,19-/m0/s1. The van der Waals surface area contributed by atoms with Crippen LogP contribution in [-0.4, -0.2) is 41.9 Å². The van der Waals surface area contributed by atoms with Gasteiger partial charge in [-0.1, -0.05) is 50.6 Å². The summed E-state index contributed by atoms with van der Waals surface area (Å²) in [6.45, 7) is 13.4. The van der Waals surface area contributed by atoms with E-state index in [4.69, 9.17) is 4.74 Å². The van der Waals surface area contributed by atoms with E-state index in [9.17, 15) is 5.11 Å². The fourth-order valence-electron chi connectivity index (χ4n) is 2.35. The molecule has 3 nitrogen and oxygen atoms in total. The van der Waals surface area contributed by atoms with E-state index >= 15 is 0 Å². The molecular weight excluding hydrogens is 274 g/mol. The van der Waals surface area contributed by atoms with Crippen LogP contribution in [0.25, 0.3) is 0 Å². The number of nitrogens with zero attached hydrogens (tertiary/aromatic N) is 1. The Kier molecular flexibility index (Phi) is 8.69. The molecule has 0 heterocycles. The van der Waals surface area contributed by atoms with Crippen molar-refractivity contribution < 1.29 is 9.84 Å². The smallest absolute Gasteiger partial charge is 0.0900 e. The van der Waals surface area contributed by atoms with Crippen molar-refractivity contribution in [2.75, 3.05) is 19.8 Å². The van der Waals surface area contributed by atoms with Crippen LogP contribution in [0.5, 0.6) is 0 Å². The Morgan fingerprint density at radius 2 is 1.73 bits per heavy atom. The van der Waals surface area contributed by atoms with Crippen LogP contribution in [0, 0.1) is 12.8 Å². The van der Waals surface area contributed by atoms with Crippen LogP contribution in [0.1, 0.15) is 45.2 Å². The van der Waals surface area contributed by atoms with Crippen LogP contribution in [0.4, 0.5) is 0 Å². The first-order valence-electron chi connectivity index (χ1n) is 8.47. The van der Waals surface area contributed by atoms with Crippen molar-refractivity contribution >= 4 is 0 Å². The fourth-order valence-corrected chi connectivity index (χ4v) is 2.35. The second-order valence-corrected chi connectivity index (χ2v) is 6.76. The van der Waals surface area contributed by atoms with Gasteiger partial charge in [0, 0.05) is 25.7 Å². The summed E-state index contributed by atoms with van der Waals surface area (Å²) in [4.78, 5) is 2.34. The summed E-state index contributed by atoms with van der Waals surface area (Å²) in [6, 6.07) is 9.08. The minimum absolute atomic E-state index is 0.416. The van der Waals surface area contributed by atoms with Crippen molar-refractivity contribution in [2.45, 2.75) is 59.7 Å². The molecule has 1 aromatic rings. The van der Waals surface area contributed by atoms with E-state index in [1.807, 2.05) is 0 Å². The summed E-state index contributed by atoms with van der Waals surface area (Å²) < 4.78 is 5.56. The quantitative estimate of drug-likeness (QED) is 0.716. The predicted octanol–water partition coefficient (Wildman–Crippen LogP) is 3.63. The molecule has 0 radical (unpaired) electrons. The SMILES string of the molecule is CC[C@H](C)N(Cc1ccc(C)cc1)C[C@H](O)COCC(C)C. The second kappa shape index (κ2) is 9.98. The molecule has 126 valence electrons. The molecule has 0 aromatic heterocycles. The second-order valence-electron chi connectivity index (χ2n) is 6.76. The van der Waals surface area contributed by atoms with Gasteiger partial charge >= 0.3 is 0 Å². The maximum absolute atomic E-state index is 10.2. The van der Waals surface area contributed by atoms with Gasteiger partial charge in [-0.3, -0.25) is 4.90 Å². The Balaban J connectivity index is 2.54. The Hall–Kier alpha value is -0.900. The predicted molar refractivity (Wildman–Crippen MR) is 93.0 cm³/mol. The average molecular weight is 307 g/mol. The number of benzene rings is 1. The summed E-state index contributed by atoms with van der Waals surface area (Å²) in [5.41, 5.74) is 2.57. The minimum atomic E-state index is -0.432. The average Bonchev–Trinajstić information content (AvgIpc) is 2.47. The van der Waals surface area contributed by atoms with Gasteiger partial charge in [0.25, 0.3) is 0 Å². The Morgan fingerprint density at radius 3 is 2.27 bits per heavy atom. The topological polar surface area (TPSA) is 32.7 Å². The molecule has 0 amide bonds. The third-order valence-electron chi connectivity index (χ3n) is 3.93. The zero-order valence-corrected chi connectivity index (χ0v) is 14.9. The maximum Gasteiger partial charge on any atom is 0.0900 e. The van der Waals surface area contributed by atoms with E-state index < -0.39 is 6.10 Å². The molecule has 0 fully saturated rings. The molecule has 1 aromatic carbocycles. The van der Waals surface area contributed by atoms with Crippen LogP contribution in [0.15, 0.2) is 24.3 Å². The molecule has 0 aliphatic rings. The van der Waals surface area contributed by atoms with Gasteiger partial charge < -0.3 is 9.84 Å². The normalized spacial score (nSPS) is 14.5. The highest BCUT2D eigenvalue weighted by Gasteiger charge is 2.17. The van der Waals surface area contributed by atoms with E-state index in [-0.39, 0.29) is 0 Å². The van der Waals surface area contributed by atoms with Gasteiger partial charge in [0.1, 0.15) is 0 Å². The molecular formula is C19H33NO2. The third-order valence-corrected chi connectivity index (χ3v) is 3.93. The van der Waals surface area contributed by atoms with Crippen LogP contribution in [0.2, 0.25) is 0 Å². The maximum atomic E-state index is 10.2. The lowest BCUT2D eigenvalue weighted by atomic mass is 10.1. The minimum Gasteiger partial charge on any atom is -0.389 e. The van der Waals surface area contributed by atoms with Crippen LogP contribution in [0.3, 0.4) is 0 Å². The largest absolute Gasteiger partial charge is 0.389 e. The highest BCUT2D eigenvalue weighted by atomic mass is 16.5. The zero-order valence-electron chi connectivity index (χ0n) is 14.9. The van der Waals surface area contributed by atoms with Crippen LogP contribution in [-0.2, 0) is 11.3 Å². The molecule has 3 heteroatoms. The van der Waals surface area contributed by atoms with Crippen molar-refractivity contribution in [3.05, 3.63) is 35.4 Å². The number of hydrogen-bond acceptors (Lipinski definition) is 3. The molecule has 0 saturated carbocycles. The molecule has 1 N–H and O–H groups in total. The molecule has 22 heavy (non-hydrogen) atoms. The number of aryl methyl sites for hydroxylation is 1. The van der Waals surface area contributed by atoms with E-state index in [0.29, 0.717) is 31.7 Å². The third kappa shape index (κ3) is 7.39. The van der Waals surface area contributed by atoms with Crippen molar-refractivity contribution in [3.8, 4) is 0 Å². The fraction of sp³-hybridized carbons (Fsp3) is 0.684. The summed E-state index contributed by atoms with van der Waals surface area (Å²) in [7, 11) is 0. The van der Waals surface area contributed by atoms with Gasteiger partial charge in [-0.05, 0) is 31.7 Å². The summed E-state index contributed by atoms with van der Waals surface area (Å²) >= 11 is 0. The first-order valence-corrected chi connectivity index (χ1v) is 8.47. The summed E-state index contributed by atoms with van der Waals surface area (Å²) in [5, 5.41) is 10.2. The van der Waals surface area contributed by atoms with Gasteiger partial charge in [0.2, 0.25) is 0 Å². The molecule has 0 unspecified atom stereocenters. The summed E-state index contributed by atoms with van der Waals surface area (Å²) in [6.07, 6.45) is 0.643. The van der Waals surface area contributed by atoms with Gasteiger partial charge in [0.05, 0.1) is 12.7 Å². The van der Waals surface area contributed by atoms with E-state index in [1.165, 1.54) is 11.1 Å². The van der Waals surface area contributed by atoms with Crippen molar-refractivity contribution in [1.29, 1.82) is 0 Å². The zero-order chi connectivity index (χ0) is 16.5. The van der Waals surface area contributed by atoms with Gasteiger partial charge in [-0.15, -0.1) is 0 Å². The van der Waals surface area contributed by atoms with Gasteiger partial charge in [-0.2, -0.15) is 0 Å². The van der Waals surface area contributed by atoms with Crippen LogP contribution >= 0.6 is 0 Å². The molecule has 0 aliphatic carbocycles. The molecule has 2 atom stereocenters.